The van der Waals surface area contributed by atoms with Crippen LogP contribution in [-0.2, 0) is 0 Å². The van der Waals surface area contributed by atoms with Gasteiger partial charge in [-0.1, -0.05) is 71.1 Å². The minimum atomic E-state index is 0.850. The van der Waals surface area contributed by atoms with Gasteiger partial charge >= 0.3 is 0 Å². The Kier molecular flexibility index (Phi) is 4.92. The van der Waals surface area contributed by atoms with Crippen molar-refractivity contribution in [3.63, 3.8) is 0 Å². The van der Waals surface area contributed by atoms with Gasteiger partial charge in [0.2, 0.25) is 0 Å². The number of rotatable bonds is 4. The molecule has 3 aromatic rings. The van der Waals surface area contributed by atoms with E-state index in [1.54, 1.807) is 6.20 Å². The average Bonchev–Trinajstić information content (AvgIpc) is 2.62. The van der Waals surface area contributed by atoms with Gasteiger partial charge in [0.05, 0.1) is 22.9 Å². The first-order chi connectivity index (χ1) is 11.3. The summed E-state index contributed by atoms with van der Waals surface area (Å²) in [5, 5.41) is 7.53. The summed E-state index contributed by atoms with van der Waals surface area (Å²) in [6.45, 7) is 0. The van der Waals surface area contributed by atoms with Crippen LogP contribution >= 0.6 is 22.6 Å². The zero-order valence-electron chi connectivity index (χ0n) is 12.3. The van der Waals surface area contributed by atoms with E-state index in [2.05, 4.69) is 32.6 Å². The second-order valence-corrected chi connectivity index (χ2v) is 5.63. The van der Waals surface area contributed by atoms with E-state index < -0.39 is 0 Å². The molecule has 0 aliphatic heterocycles. The fraction of sp³-hybridized carbons (Fsp3) is 0. The standard InChI is InChI=1S/C19H14IN3/c20-11-3-4-16(12-21)14-7-9-15(10-8-14)19-13-22-17-5-1-2-6-18(17)23-19/h1-13,21H/b11-3-,16-4+,21-12?. The Hall–Kier alpha value is -2.34. The first-order valence-corrected chi connectivity index (χ1v) is 8.36. The monoisotopic (exact) mass is 411 g/mol. The molecule has 0 spiro atoms. The molecule has 0 aliphatic rings. The predicted molar refractivity (Wildman–Crippen MR) is 105 cm³/mol. The summed E-state index contributed by atoms with van der Waals surface area (Å²) in [7, 11) is 0. The molecule has 1 aromatic heterocycles. The molecule has 4 heteroatoms. The van der Waals surface area contributed by atoms with Crippen LogP contribution in [0.15, 0.2) is 71.0 Å². The highest BCUT2D eigenvalue weighted by Gasteiger charge is 2.04. The Morgan fingerprint density at radius 3 is 2.43 bits per heavy atom. The number of fused-ring (bicyclic) bond motifs is 1. The lowest BCUT2D eigenvalue weighted by molar-refractivity contribution is 1.29. The van der Waals surface area contributed by atoms with Gasteiger partial charge in [0, 0.05) is 11.8 Å². The maximum absolute atomic E-state index is 7.53. The quantitative estimate of drug-likeness (QED) is 0.361. The highest BCUT2D eigenvalue weighted by Crippen LogP contribution is 2.22. The van der Waals surface area contributed by atoms with Gasteiger partial charge in [-0.25, -0.2) is 4.98 Å². The number of para-hydroxylation sites is 2. The lowest BCUT2D eigenvalue weighted by Gasteiger charge is -2.05. The van der Waals surface area contributed by atoms with E-state index in [0.717, 1.165) is 33.4 Å². The second-order valence-electron chi connectivity index (χ2n) is 4.91. The van der Waals surface area contributed by atoms with Crippen molar-refractivity contribution in [3.8, 4) is 11.3 Å². The van der Waals surface area contributed by atoms with Crippen LogP contribution in [0.25, 0.3) is 27.9 Å². The Morgan fingerprint density at radius 1 is 1.00 bits per heavy atom. The number of nitrogens with one attached hydrogen (secondary N) is 1. The van der Waals surface area contributed by atoms with Crippen LogP contribution in [0.2, 0.25) is 0 Å². The van der Waals surface area contributed by atoms with E-state index in [-0.39, 0.29) is 0 Å². The molecule has 2 aromatic carbocycles. The summed E-state index contributed by atoms with van der Waals surface area (Å²) in [6.07, 6.45) is 7.00. The van der Waals surface area contributed by atoms with Gasteiger partial charge in [0.25, 0.3) is 0 Å². The molecule has 0 unspecified atom stereocenters. The van der Waals surface area contributed by atoms with E-state index in [1.165, 1.54) is 6.21 Å². The molecule has 3 nitrogen and oxygen atoms in total. The molecule has 0 radical (unpaired) electrons. The predicted octanol–water partition coefficient (Wildman–Crippen LogP) is 5.28. The van der Waals surface area contributed by atoms with Crippen LogP contribution in [0.1, 0.15) is 5.56 Å². The Labute approximate surface area is 148 Å². The van der Waals surface area contributed by atoms with Gasteiger partial charge in [-0.15, -0.1) is 0 Å². The van der Waals surface area contributed by atoms with Crippen molar-refractivity contribution in [2.45, 2.75) is 0 Å². The first-order valence-electron chi connectivity index (χ1n) is 7.12. The number of hydrogen-bond donors (Lipinski definition) is 1. The smallest absolute Gasteiger partial charge is 0.0894 e. The molecule has 0 aliphatic carbocycles. The van der Waals surface area contributed by atoms with E-state index in [9.17, 15) is 0 Å². The largest absolute Gasteiger partial charge is 0.308 e. The minimum absolute atomic E-state index is 0.850. The number of hydrogen-bond acceptors (Lipinski definition) is 3. The Balaban J connectivity index is 1.96. The van der Waals surface area contributed by atoms with Crippen LogP contribution in [0.3, 0.4) is 0 Å². The number of aromatic nitrogens is 2. The minimum Gasteiger partial charge on any atom is -0.308 e. The SMILES string of the molecule is N=C/C(=C\C=C/I)c1ccc(-c2cnc3ccccc3n2)cc1. The van der Waals surface area contributed by atoms with Gasteiger partial charge < -0.3 is 5.41 Å². The van der Waals surface area contributed by atoms with Crippen molar-refractivity contribution >= 4 is 45.4 Å². The van der Waals surface area contributed by atoms with Gasteiger partial charge in [-0.3, -0.25) is 4.98 Å². The van der Waals surface area contributed by atoms with E-state index in [1.807, 2.05) is 64.8 Å². The fourth-order valence-electron chi connectivity index (χ4n) is 2.30. The van der Waals surface area contributed by atoms with Crippen molar-refractivity contribution in [1.82, 2.24) is 9.97 Å². The molecule has 0 atom stereocenters. The van der Waals surface area contributed by atoms with Crippen molar-refractivity contribution < 1.29 is 0 Å². The molecule has 3 rings (SSSR count). The zero-order valence-corrected chi connectivity index (χ0v) is 14.4. The summed E-state index contributed by atoms with van der Waals surface area (Å²) in [4.78, 5) is 9.11. The zero-order chi connectivity index (χ0) is 16.1. The molecule has 0 bridgehead atoms. The number of benzene rings is 2. The second kappa shape index (κ2) is 7.28. The summed E-state index contributed by atoms with van der Waals surface area (Å²) >= 11 is 2.16. The lowest BCUT2D eigenvalue weighted by Crippen LogP contribution is -1.90. The molecule has 0 fully saturated rings. The summed E-state index contributed by atoms with van der Waals surface area (Å²) < 4.78 is 1.92. The van der Waals surface area contributed by atoms with Crippen molar-refractivity contribution in [1.29, 1.82) is 5.41 Å². The molecule has 1 N–H and O–H groups in total. The third-order valence-electron chi connectivity index (χ3n) is 3.47. The topological polar surface area (TPSA) is 49.6 Å². The van der Waals surface area contributed by atoms with Crippen molar-refractivity contribution in [3.05, 3.63) is 76.5 Å². The highest BCUT2D eigenvalue weighted by atomic mass is 127. The average molecular weight is 411 g/mol. The highest BCUT2D eigenvalue weighted by molar-refractivity contribution is 14.1. The molecular formula is C19H14IN3. The summed E-state index contributed by atoms with van der Waals surface area (Å²) in [5.41, 5.74) is 5.53. The van der Waals surface area contributed by atoms with Gasteiger partial charge in [-0.2, -0.15) is 0 Å². The number of allylic oxidation sites excluding steroid dienone is 3. The molecule has 23 heavy (non-hydrogen) atoms. The summed E-state index contributed by atoms with van der Waals surface area (Å²) in [6, 6.07) is 15.9. The first kappa shape index (κ1) is 15.6. The number of halogens is 1. The molecule has 0 amide bonds. The van der Waals surface area contributed by atoms with E-state index in [4.69, 9.17) is 5.41 Å². The lowest BCUT2D eigenvalue weighted by atomic mass is 10.0. The van der Waals surface area contributed by atoms with Crippen LogP contribution in [0.4, 0.5) is 0 Å². The number of nitrogens with zero attached hydrogens (tertiary/aromatic N) is 2. The van der Waals surface area contributed by atoms with Crippen LogP contribution < -0.4 is 0 Å². The maximum Gasteiger partial charge on any atom is 0.0894 e. The van der Waals surface area contributed by atoms with Gasteiger partial charge in [0.15, 0.2) is 0 Å². The molecular weight excluding hydrogens is 397 g/mol. The Morgan fingerprint density at radius 2 is 1.74 bits per heavy atom. The van der Waals surface area contributed by atoms with Crippen molar-refractivity contribution in [2.24, 2.45) is 0 Å². The molecule has 0 saturated carbocycles. The Bertz CT molecular complexity index is 896. The third kappa shape index (κ3) is 3.53. The van der Waals surface area contributed by atoms with Gasteiger partial charge in [-0.05, 0) is 27.4 Å². The maximum atomic E-state index is 7.53. The normalized spacial score (nSPS) is 12.0. The third-order valence-corrected chi connectivity index (χ3v) is 3.88. The van der Waals surface area contributed by atoms with Crippen LogP contribution in [-0.4, -0.2) is 16.2 Å². The van der Waals surface area contributed by atoms with Crippen molar-refractivity contribution in [2.75, 3.05) is 0 Å². The molecule has 0 saturated heterocycles. The molecule has 112 valence electrons. The van der Waals surface area contributed by atoms with Crippen LogP contribution in [0, 0.1) is 5.41 Å². The fourth-order valence-corrected chi connectivity index (χ4v) is 2.51. The van der Waals surface area contributed by atoms with E-state index >= 15 is 0 Å². The summed E-state index contributed by atoms with van der Waals surface area (Å²) in [5.74, 6) is 0. The van der Waals surface area contributed by atoms with E-state index in [0.29, 0.717) is 0 Å². The van der Waals surface area contributed by atoms with Gasteiger partial charge in [0.1, 0.15) is 0 Å². The van der Waals surface area contributed by atoms with Crippen LogP contribution in [0.5, 0.6) is 0 Å². The molecule has 1 heterocycles.